The summed E-state index contributed by atoms with van der Waals surface area (Å²) in [5.41, 5.74) is 2.40. The number of benzene rings is 1. The second-order valence-electron chi connectivity index (χ2n) is 8.89. The zero-order chi connectivity index (χ0) is 19.7. The minimum atomic E-state index is 0.0972. The monoisotopic (exact) mass is 386 g/mol. The molecule has 1 amide bonds. The summed E-state index contributed by atoms with van der Waals surface area (Å²) in [5.74, 6) is 0.939. The van der Waals surface area contributed by atoms with Crippen LogP contribution in [0.2, 0.25) is 0 Å². The topological polar surface area (TPSA) is 42.0 Å². The summed E-state index contributed by atoms with van der Waals surface area (Å²) in [6.45, 7) is 9.69. The van der Waals surface area contributed by atoms with Crippen molar-refractivity contribution in [1.29, 1.82) is 0 Å². The molecule has 1 saturated heterocycles. The molecule has 2 heterocycles. The standard InChI is InChI=1S/C23H34N2O3/c1-4-27-19-7-11-23(3,12-8-19)24-13-9-18(10-14-24)25-20-15-17(2)5-6-21(20)28-16-22(25)26/h5-6,15,18-19H,4,7-14,16H2,1-3H3. The van der Waals surface area contributed by atoms with Crippen molar-refractivity contribution in [1.82, 2.24) is 4.90 Å². The van der Waals surface area contributed by atoms with Crippen LogP contribution >= 0.6 is 0 Å². The molecule has 3 aliphatic rings. The van der Waals surface area contributed by atoms with Gasteiger partial charge in [0.15, 0.2) is 6.61 Å². The van der Waals surface area contributed by atoms with E-state index in [4.69, 9.17) is 9.47 Å². The molecule has 0 aromatic heterocycles. The second-order valence-corrected chi connectivity index (χ2v) is 8.89. The van der Waals surface area contributed by atoms with Crippen LogP contribution in [0.25, 0.3) is 0 Å². The Kier molecular flexibility index (Phi) is 5.66. The van der Waals surface area contributed by atoms with Crippen molar-refractivity contribution >= 4 is 11.6 Å². The zero-order valence-corrected chi connectivity index (χ0v) is 17.6. The molecular weight excluding hydrogens is 352 g/mol. The summed E-state index contributed by atoms with van der Waals surface area (Å²) in [6, 6.07) is 6.41. The van der Waals surface area contributed by atoms with E-state index in [1.165, 1.54) is 25.7 Å². The molecule has 5 heteroatoms. The Morgan fingerprint density at radius 3 is 2.57 bits per heavy atom. The number of ether oxygens (including phenoxy) is 2. The lowest BCUT2D eigenvalue weighted by molar-refractivity contribution is -0.122. The van der Waals surface area contributed by atoms with Gasteiger partial charge in [0.25, 0.3) is 5.91 Å². The molecule has 2 aliphatic heterocycles. The zero-order valence-electron chi connectivity index (χ0n) is 17.6. The number of carbonyl (C=O) groups excluding carboxylic acids is 1. The van der Waals surface area contributed by atoms with Gasteiger partial charge in [0.05, 0.1) is 11.8 Å². The second kappa shape index (κ2) is 8.03. The van der Waals surface area contributed by atoms with Gasteiger partial charge in [0.2, 0.25) is 0 Å². The van der Waals surface area contributed by atoms with E-state index in [1.807, 2.05) is 11.0 Å². The first-order valence-corrected chi connectivity index (χ1v) is 10.9. The fourth-order valence-electron chi connectivity index (χ4n) is 5.28. The van der Waals surface area contributed by atoms with Crippen molar-refractivity contribution in [2.75, 3.05) is 31.2 Å². The SMILES string of the molecule is CCOC1CCC(C)(N2CCC(N3C(=O)COc4ccc(C)cc43)CC2)CC1. The minimum absolute atomic E-state index is 0.0972. The van der Waals surface area contributed by atoms with Gasteiger partial charge in [-0.3, -0.25) is 9.69 Å². The van der Waals surface area contributed by atoms with Gasteiger partial charge in [-0.2, -0.15) is 0 Å². The first-order chi connectivity index (χ1) is 13.5. The summed E-state index contributed by atoms with van der Waals surface area (Å²) in [7, 11) is 0. The Hall–Kier alpha value is -1.59. The van der Waals surface area contributed by atoms with E-state index >= 15 is 0 Å². The van der Waals surface area contributed by atoms with Crippen LogP contribution in [-0.2, 0) is 9.53 Å². The Bertz CT molecular complexity index is 704. The maximum Gasteiger partial charge on any atom is 0.265 e. The van der Waals surface area contributed by atoms with E-state index in [9.17, 15) is 4.79 Å². The normalized spacial score (nSPS) is 29.5. The lowest BCUT2D eigenvalue weighted by atomic mass is 9.79. The number of nitrogens with zero attached hydrogens (tertiary/aromatic N) is 2. The number of fused-ring (bicyclic) bond motifs is 1. The number of hydrogen-bond donors (Lipinski definition) is 0. The van der Waals surface area contributed by atoms with Gasteiger partial charge in [-0.25, -0.2) is 0 Å². The average Bonchev–Trinajstić information content (AvgIpc) is 2.70. The lowest BCUT2D eigenvalue weighted by Gasteiger charge is -2.50. The van der Waals surface area contributed by atoms with Crippen molar-refractivity contribution in [2.24, 2.45) is 0 Å². The molecule has 0 N–H and O–H groups in total. The van der Waals surface area contributed by atoms with E-state index in [0.29, 0.717) is 6.10 Å². The molecule has 5 nitrogen and oxygen atoms in total. The Balaban J connectivity index is 1.41. The number of amides is 1. The van der Waals surface area contributed by atoms with Crippen LogP contribution in [-0.4, -0.2) is 54.8 Å². The molecule has 0 unspecified atom stereocenters. The number of aryl methyl sites for hydroxylation is 1. The first kappa shape index (κ1) is 19.7. The highest BCUT2D eigenvalue weighted by Gasteiger charge is 2.40. The van der Waals surface area contributed by atoms with Crippen LogP contribution in [0.1, 0.15) is 57.9 Å². The van der Waals surface area contributed by atoms with Gasteiger partial charge in [-0.15, -0.1) is 0 Å². The summed E-state index contributed by atoms with van der Waals surface area (Å²) in [6.07, 6.45) is 7.26. The van der Waals surface area contributed by atoms with Crippen LogP contribution in [0.5, 0.6) is 5.75 Å². The van der Waals surface area contributed by atoms with Gasteiger partial charge in [0.1, 0.15) is 5.75 Å². The maximum atomic E-state index is 12.7. The highest BCUT2D eigenvalue weighted by Crippen LogP contribution is 2.39. The molecule has 28 heavy (non-hydrogen) atoms. The molecule has 4 rings (SSSR count). The Labute approximate surface area is 169 Å². The highest BCUT2D eigenvalue weighted by molar-refractivity contribution is 5.98. The van der Waals surface area contributed by atoms with Crippen molar-refractivity contribution < 1.29 is 14.3 Å². The molecular formula is C23H34N2O3. The molecule has 0 bridgehead atoms. The first-order valence-electron chi connectivity index (χ1n) is 10.9. The van der Waals surface area contributed by atoms with Crippen LogP contribution < -0.4 is 9.64 Å². The van der Waals surface area contributed by atoms with Gasteiger partial charge in [0, 0.05) is 31.3 Å². The van der Waals surface area contributed by atoms with E-state index in [2.05, 4.69) is 37.8 Å². The van der Waals surface area contributed by atoms with Crippen molar-refractivity contribution in [3.63, 3.8) is 0 Å². The van der Waals surface area contributed by atoms with E-state index in [0.717, 1.165) is 49.5 Å². The van der Waals surface area contributed by atoms with Crippen LogP contribution in [0.3, 0.4) is 0 Å². The predicted molar refractivity (Wildman–Crippen MR) is 111 cm³/mol. The summed E-state index contributed by atoms with van der Waals surface area (Å²) in [4.78, 5) is 17.4. The molecule has 1 aromatic rings. The van der Waals surface area contributed by atoms with Gasteiger partial charge >= 0.3 is 0 Å². The third-order valence-corrected chi connectivity index (χ3v) is 7.00. The van der Waals surface area contributed by atoms with Gasteiger partial charge < -0.3 is 14.4 Å². The van der Waals surface area contributed by atoms with E-state index < -0.39 is 0 Å². The number of likely N-dealkylation sites (tertiary alicyclic amines) is 1. The van der Waals surface area contributed by atoms with Crippen LogP contribution in [0, 0.1) is 6.92 Å². The predicted octanol–water partition coefficient (Wildman–Crippen LogP) is 3.92. The van der Waals surface area contributed by atoms with Crippen LogP contribution in [0.4, 0.5) is 5.69 Å². The number of piperidine rings is 1. The summed E-state index contributed by atoms with van der Waals surface area (Å²) >= 11 is 0. The Morgan fingerprint density at radius 2 is 1.89 bits per heavy atom. The Morgan fingerprint density at radius 1 is 1.18 bits per heavy atom. The largest absolute Gasteiger partial charge is 0.482 e. The third-order valence-electron chi connectivity index (χ3n) is 7.00. The molecule has 154 valence electrons. The average molecular weight is 387 g/mol. The summed E-state index contributed by atoms with van der Waals surface area (Å²) < 4.78 is 11.5. The maximum absolute atomic E-state index is 12.7. The number of carbonyl (C=O) groups is 1. The minimum Gasteiger partial charge on any atom is -0.482 e. The van der Waals surface area contributed by atoms with Crippen molar-refractivity contribution in [3.05, 3.63) is 23.8 Å². The smallest absolute Gasteiger partial charge is 0.265 e. The molecule has 0 radical (unpaired) electrons. The van der Waals surface area contributed by atoms with Gasteiger partial charge in [-0.05, 0) is 77.0 Å². The number of anilines is 1. The number of hydrogen-bond acceptors (Lipinski definition) is 4. The van der Waals surface area contributed by atoms with E-state index in [-0.39, 0.29) is 24.1 Å². The molecule has 1 aromatic carbocycles. The van der Waals surface area contributed by atoms with E-state index in [1.54, 1.807) is 0 Å². The molecule has 0 spiro atoms. The quantitative estimate of drug-likeness (QED) is 0.786. The fourth-order valence-corrected chi connectivity index (χ4v) is 5.28. The molecule has 0 atom stereocenters. The third kappa shape index (κ3) is 3.79. The molecule has 1 aliphatic carbocycles. The summed E-state index contributed by atoms with van der Waals surface area (Å²) in [5, 5.41) is 0. The fraction of sp³-hybridized carbons (Fsp3) is 0.696. The van der Waals surface area contributed by atoms with Crippen molar-refractivity contribution in [3.8, 4) is 5.75 Å². The lowest BCUT2D eigenvalue weighted by Crippen LogP contribution is -2.56. The van der Waals surface area contributed by atoms with Gasteiger partial charge in [-0.1, -0.05) is 6.07 Å². The number of rotatable bonds is 4. The molecule has 1 saturated carbocycles. The molecule has 2 fully saturated rings. The highest BCUT2D eigenvalue weighted by atomic mass is 16.5. The van der Waals surface area contributed by atoms with Crippen LogP contribution in [0.15, 0.2) is 18.2 Å². The van der Waals surface area contributed by atoms with Crippen molar-refractivity contribution in [2.45, 2.75) is 77.0 Å².